The first-order valence-electron chi connectivity index (χ1n) is 10.3. The van der Waals surface area contributed by atoms with Crippen LogP contribution in [-0.2, 0) is 16.1 Å². The molecule has 4 aliphatic rings. The molecule has 2 bridgehead atoms. The lowest BCUT2D eigenvalue weighted by Crippen LogP contribution is -2.50. The standard InChI is InChI=1S/C21H30N4O2/c1-23(11-17-6-3-9-22-10-17)15-20(26)24-13-18-7-8-19(14-24)25(21(18)27)12-16-4-2-5-16/h3,6,9-10,16,18-19H,2,4-5,7-8,11-15H2,1H3/t18-,19+/m0/s1. The summed E-state index contributed by atoms with van der Waals surface area (Å²) < 4.78 is 0. The Morgan fingerprint density at radius 2 is 2.11 bits per heavy atom. The minimum atomic E-state index is -0.00333. The van der Waals surface area contributed by atoms with Gasteiger partial charge in [0, 0.05) is 44.6 Å². The second-order valence-corrected chi connectivity index (χ2v) is 8.55. The Bertz CT molecular complexity index is 676. The normalized spacial score (nSPS) is 25.6. The summed E-state index contributed by atoms with van der Waals surface area (Å²) in [5.41, 5.74) is 1.10. The van der Waals surface area contributed by atoms with Crippen LogP contribution in [-0.4, -0.2) is 70.8 Å². The molecular weight excluding hydrogens is 340 g/mol. The lowest BCUT2D eigenvalue weighted by Gasteiger charge is -2.40. The van der Waals surface area contributed by atoms with Gasteiger partial charge in [-0.15, -0.1) is 0 Å². The highest BCUT2D eigenvalue weighted by molar-refractivity contribution is 5.83. The molecule has 0 unspecified atom stereocenters. The molecule has 3 saturated heterocycles. The van der Waals surface area contributed by atoms with Crippen molar-refractivity contribution >= 4 is 11.8 Å². The third kappa shape index (κ3) is 4.15. The van der Waals surface area contributed by atoms with Crippen molar-refractivity contribution in [3.05, 3.63) is 30.1 Å². The van der Waals surface area contributed by atoms with Gasteiger partial charge in [-0.3, -0.25) is 19.5 Å². The van der Waals surface area contributed by atoms with Gasteiger partial charge in [0.2, 0.25) is 11.8 Å². The monoisotopic (exact) mass is 370 g/mol. The Morgan fingerprint density at radius 3 is 2.81 bits per heavy atom. The van der Waals surface area contributed by atoms with Gasteiger partial charge in [-0.1, -0.05) is 12.5 Å². The number of piperidine rings is 1. The molecule has 1 aromatic rings. The zero-order valence-corrected chi connectivity index (χ0v) is 16.2. The third-order valence-corrected chi connectivity index (χ3v) is 6.41. The van der Waals surface area contributed by atoms with Crippen LogP contribution in [0, 0.1) is 11.8 Å². The summed E-state index contributed by atoms with van der Waals surface area (Å²) >= 11 is 0. The maximum Gasteiger partial charge on any atom is 0.236 e. The molecule has 0 radical (unpaired) electrons. The number of nitrogens with zero attached hydrogens (tertiary/aromatic N) is 4. The Morgan fingerprint density at radius 1 is 1.26 bits per heavy atom. The summed E-state index contributed by atoms with van der Waals surface area (Å²) in [5.74, 6) is 1.10. The van der Waals surface area contributed by atoms with Gasteiger partial charge in [-0.25, -0.2) is 0 Å². The average Bonchev–Trinajstić information content (AvgIpc) is 2.90. The molecule has 27 heavy (non-hydrogen) atoms. The molecule has 4 fully saturated rings. The van der Waals surface area contributed by atoms with Crippen molar-refractivity contribution in [1.29, 1.82) is 0 Å². The van der Waals surface area contributed by atoms with E-state index in [0.29, 0.717) is 32.1 Å². The van der Waals surface area contributed by atoms with Crippen molar-refractivity contribution in [2.24, 2.45) is 11.8 Å². The number of hydrogen-bond donors (Lipinski definition) is 0. The van der Waals surface area contributed by atoms with Crippen LogP contribution in [0.25, 0.3) is 0 Å². The number of aromatic nitrogens is 1. The van der Waals surface area contributed by atoms with Gasteiger partial charge in [0.15, 0.2) is 0 Å². The maximum absolute atomic E-state index is 12.9. The van der Waals surface area contributed by atoms with Crippen LogP contribution in [0.15, 0.2) is 24.5 Å². The first-order valence-corrected chi connectivity index (χ1v) is 10.3. The summed E-state index contributed by atoms with van der Waals surface area (Å²) in [7, 11) is 1.96. The van der Waals surface area contributed by atoms with Gasteiger partial charge in [-0.2, -0.15) is 0 Å². The van der Waals surface area contributed by atoms with Crippen LogP contribution in [0.4, 0.5) is 0 Å². The molecular formula is C21H30N4O2. The Balaban J connectivity index is 1.36. The van der Waals surface area contributed by atoms with E-state index >= 15 is 0 Å². The number of pyridine rings is 1. The number of amides is 2. The summed E-state index contributed by atoms with van der Waals surface area (Å²) in [6.45, 7) is 3.28. The van der Waals surface area contributed by atoms with E-state index in [0.717, 1.165) is 24.9 Å². The molecule has 2 amide bonds. The second kappa shape index (κ2) is 7.97. The van der Waals surface area contributed by atoms with E-state index in [-0.39, 0.29) is 23.8 Å². The molecule has 1 saturated carbocycles. The fourth-order valence-electron chi connectivity index (χ4n) is 4.63. The van der Waals surface area contributed by atoms with Crippen LogP contribution in [0.1, 0.15) is 37.7 Å². The van der Waals surface area contributed by atoms with E-state index < -0.39 is 0 Å². The Hall–Kier alpha value is -1.95. The van der Waals surface area contributed by atoms with E-state index in [2.05, 4.69) is 9.88 Å². The number of carbonyl (C=O) groups is 2. The van der Waals surface area contributed by atoms with E-state index in [1.54, 1.807) is 6.20 Å². The van der Waals surface area contributed by atoms with Gasteiger partial charge in [0.25, 0.3) is 0 Å². The van der Waals surface area contributed by atoms with Crippen molar-refractivity contribution in [1.82, 2.24) is 19.7 Å². The molecule has 4 heterocycles. The first kappa shape index (κ1) is 18.4. The third-order valence-electron chi connectivity index (χ3n) is 6.41. The summed E-state index contributed by atoms with van der Waals surface area (Å²) in [6, 6.07) is 4.15. The molecule has 3 aliphatic heterocycles. The van der Waals surface area contributed by atoms with Gasteiger partial charge in [0.1, 0.15) is 0 Å². The summed E-state index contributed by atoms with van der Waals surface area (Å²) in [6.07, 6.45) is 9.37. The zero-order valence-electron chi connectivity index (χ0n) is 16.2. The predicted molar refractivity (Wildman–Crippen MR) is 103 cm³/mol. The average molecular weight is 370 g/mol. The first-order chi connectivity index (χ1) is 13.1. The highest BCUT2D eigenvalue weighted by Gasteiger charge is 2.42. The van der Waals surface area contributed by atoms with Crippen LogP contribution in [0.5, 0.6) is 0 Å². The van der Waals surface area contributed by atoms with Crippen LogP contribution in [0.2, 0.25) is 0 Å². The van der Waals surface area contributed by atoms with Crippen molar-refractivity contribution in [2.75, 3.05) is 33.2 Å². The molecule has 0 aromatic carbocycles. The number of fused-ring (bicyclic) bond motifs is 4. The number of rotatable bonds is 6. The fraction of sp³-hybridized carbons (Fsp3) is 0.667. The van der Waals surface area contributed by atoms with E-state index in [1.807, 2.05) is 35.2 Å². The largest absolute Gasteiger partial charge is 0.339 e. The van der Waals surface area contributed by atoms with Crippen LogP contribution < -0.4 is 0 Å². The predicted octanol–water partition coefficient (Wildman–Crippen LogP) is 1.76. The van der Waals surface area contributed by atoms with E-state index in [9.17, 15) is 9.59 Å². The van der Waals surface area contributed by atoms with E-state index in [1.165, 1.54) is 19.3 Å². The van der Waals surface area contributed by atoms with E-state index in [4.69, 9.17) is 0 Å². The molecule has 146 valence electrons. The smallest absolute Gasteiger partial charge is 0.236 e. The molecule has 5 rings (SSSR count). The lowest BCUT2D eigenvalue weighted by molar-refractivity contribution is -0.141. The highest BCUT2D eigenvalue weighted by Crippen LogP contribution is 2.34. The minimum Gasteiger partial charge on any atom is -0.339 e. The van der Waals surface area contributed by atoms with Crippen molar-refractivity contribution in [2.45, 2.75) is 44.7 Å². The SMILES string of the molecule is CN(CC(=O)N1C[C@@H]2CC[C@H](C1)N(CC1CCC1)C2=O)Cc1cccnc1. The quantitative estimate of drug-likeness (QED) is 0.766. The number of likely N-dealkylation sites (N-methyl/N-ethyl adjacent to an activating group) is 1. The number of carbonyl (C=O) groups excluding carboxylic acids is 2. The van der Waals surface area contributed by atoms with Gasteiger partial charge in [0.05, 0.1) is 12.5 Å². The Kier molecular flexibility index (Phi) is 5.43. The minimum absolute atomic E-state index is 0.00333. The maximum atomic E-state index is 12.9. The topological polar surface area (TPSA) is 56.8 Å². The molecule has 2 atom stereocenters. The van der Waals surface area contributed by atoms with Gasteiger partial charge >= 0.3 is 0 Å². The zero-order chi connectivity index (χ0) is 18.8. The van der Waals surface area contributed by atoms with Crippen molar-refractivity contribution in [3.8, 4) is 0 Å². The molecule has 0 spiro atoms. The number of hydrogen-bond acceptors (Lipinski definition) is 4. The fourth-order valence-corrected chi connectivity index (χ4v) is 4.63. The molecule has 6 nitrogen and oxygen atoms in total. The lowest BCUT2D eigenvalue weighted by atomic mass is 9.83. The molecule has 0 N–H and O–H groups in total. The van der Waals surface area contributed by atoms with Gasteiger partial charge in [-0.05, 0) is 50.3 Å². The Labute approximate surface area is 161 Å². The molecule has 6 heteroatoms. The van der Waals surface area contributed by atoms with Crippen molar-refractivity contribution < 1.29 is 9.59 Å². The van der Waals surface area contributed by atoms with Gasteiger partial charge < -0.3 is 9.80 Å². The van der Waals surface area contributed by atoms with Crippen LogP contribution in [0.3, 0.4) is 0 Å². The molecule has 1 aromatic heterocycles. The summed E-state index contributed by atoms with van der Waals surface area (Å²) in [5, 5.41) is 0. The summed E-state index contributed by atoms with van der Waals surface area (Å²) in [4.78, 5) is 36.0. The van der Waals surface area contributed by atoms with Crippen LogP contribution >= 0.6 is 0 Å². The highest BCUT2D eigenvalue weighted by atomic mass is 16.2. The second-order valence-electron chi connectivity index (χ2n) is 8.55. The van der Waals surface area contributed by atoms with Crippen molar-refractivity contribution in [3.63, 3.8) is 0 Å². The molecule has 1 aliphatic carbocycles.